The van der Waals surface area contributed by atoms with E-state index in [0.717, 1.165) is 48.7 Å². The Kier molecular flexibility index (Phi) is 1.85. The second kappa shape index (κ2) is 3.20. The highest BCUT2D eigenvalue weighted by molar-refractivity contribution is 5.53. The molecule has 2 aromatic heterocycles. The Balaban J connectivity index is 2.28. The van der Waals surface area contributed by atoms with Crippen molar-refractivity contribution in [3.8, 4) is 0 Å². The van der Waals surface area contributed by atoms with Crippen molar-refractivity contribution in [2.24, 2.45) is 0 Å². The third kappa shape index (κ3) is 1.27. The van der Waals surface area contributed by atoms with Gasteiger partial charge in [0.05, 0.1) is 11.9 Å². The Bertz CT molecular complexity index is 502. The third-order valence-corrected chi connectivity index (χ3v) is 2.85. The van der Waals surface area contributed by atoms with E-state index in [-0.39, 0.29) is 0 Å². The summed E-state index contributed by atoms with van der Waals surface area (Å²) in [5.41, 5.74) is 9.19. The van der Waals surface area contributed by atoms with Gasteiger partial charge in [-0.3, -0.25) is 0 Å². The van der Waals surface area contributed by atoms with Gasteiger partial charge in [-0.15, -0.1) is 0 Å². The number of nitrogen functional groups attached to an aromatic ring is 1. The Morgan fingerprint density at radius 3 is 3.13 bits per heavy atom. The number of anilines is 1. The van der Waals surface area contributed by atoms with Crippen LogP contribution in [0.25, 0.3) is 5.65 Å². The van der Waals surface area contributed by atoms with E-state index in [1.807, 2.05) is 6.07 Å². The van der Waals surface area contributed by atoms with Gasteiger partial charge in [0.2, 0.25) is 0 Å². The number of nitrogens with one attached hydrogen (secondary N) is 1. The van der Waals surface area contributed by atoms with Gasteiger partial charge in [-0.05, 0) is 13.0 Å². The molecule has 3 heterocycles. The second-order valence-electron chi connectivity index (χ2n) is 3.77. The molecule has 0 atom stereocenters. The highest BCUT2D eigenvalue weighted by Crippen LogP contribution is 2.19. The normalized spacial score (nSPS) is 16.3. The fourth-order valence-electron chi connectivity index (χ4n) is 2.07. The van der Waals surface area contributed by atoms with Crippen molar-refractivity contribution >= 4 is 11.5 Å². The summed E-state index contributed by atoms with van der Waals surface area (Å²) in [6, 6.07) is 1.88. The van der Waals surface area contributed by atoms with Crippen LogP contribution in [-0.4, -0.2) is 27.7 Å². The number of aromatic nitrogens is 3. The summed E-state index contributed by atoms with van der Waals surface area (Å²) < 4.78 is 1.71. The summed E-state index contributed by atoms with van der Waals surface area (Å²) in [4.78, 5) is 4.58. The first-order valence-corrected chi connectivity index (χ1v) is 5.18. The van der Waals surface area contributed by atoms with Crippen LogP contribution in [0.5, 0.6) is 0 Å². The van der Waals surface area contributed by atoms with Crippen LogP contribution in [0, 0.1) is 0 Å². The third-order valence-electron chi connectivity index (χ3n) is 2.85. The molecule has 1 aliphatic rings. The van der Waals surface area contributed by atoms with Gasteiger partial charge in [0.15, 0.2) is 5.65 Å². The molecule has 5 nitrogen and oxygen atoms in total. The minimum Gasteiger partial charge on any atom is -0.383 e. The molecular weight excluding hydrogens is 190 g/mol. The van der Waals surface area contributed by atoms with Crippen molar-refractivity contribution in [3.05, 3.63) is 23.5 Å². The molecular formula is C10H13N5. The zero-order chi connectivity index (χ0) is 10.3. The summed E-state index contributed by atoms with van der Waals surface area (Å²) in [6.07, 6.45) is 3.61. The van der Waals surface area contributed by atoms with E-state index in [0.29, 0.717) is 0 Å². The van der Waals surface area contributed by atoms with Crippen LogP contribution in [0.4, 0.5) is 5.82 Å². The molecule has 0 saturated carbocycles. The van der Waals surface area contributed by atoms with Gasteiger partial charge in [-0.25, -0.2) is 4.98 Å². The molecule has 0 aromatic carbocycles. The number of fused-ring (bicyclic) bond motifs is 2. The maximum absolute atomic E-state index is 6.09. The van der Waals surface area contributed by atoms with E-state index >= 15 is 0 Å². The monoisotopic (exact) mass is 203 g/mol. The zero-order valence-electron chi connectivity index (χ0n) is 8.40. The quantitative estimate of drug-likeness (QED) is 0.632. The van der Waals surface area contributed by atoms with Crippen LogP contribution in [-0.2, 0) is 12.8 Å². The first-order chi connectivity index (χ1) is 7.36. The van der Waals surface area contributed by atoms with Gasteiger partial charge in [0.25, 0.3) is 0 Å². The van der Waals surface area contributed by atoms with Crippen LogP contribution in [0.15, 0.2) is 12.3 Å². The predicted octanol–water partition coefficient (Wildman–Crippen LogP) is -0.000300. The highest BCUT2D eigenvalue weighted by atomic mass is 15.3. The first kappa shape index (κ1) is 8.67. The van der Waals surface area contributed by atoms with Gasteiger partial charge in [0.1, 0.15) is 5.82 Å². The number of rotatable bonds is 0. The van der Waals surface area contributed by atoms with Gasteiger partial charge in [-0.2, -0.15) is 9.61 Å². The average molecular weight is 203 g/mol. The van der Waals surface area contributed by atoms with Crippen molar-refractivity contribution in [2.45, 2.75) is 12.8 Å². The smallest absolute Gasteiger partial charge is 0.157 e. The van der Waals surface area contributed by atoms with Gasteiger partial charge in [-0.1, -0.05) is 0 Å². The van der Waals surface area contributed by atoms with E-state index in [1.54, 1.807) is 10.7 Å². The molecule has 2 aromatic rings. The molecule has 78 valence electrons. The number of hydrogen-bond donors (Lipinski definition) is 2. The largest absolute Gasteiger partial charge is 0.383 e. The molecule has 0 radical (unpaired) electrons. The minimum atomic E-state index is 0.740. The van der Waals surface area contributed by atoms with Crippen molar-refractivity contribution in [1.82, 2.24) is 19.9 Å². The van der Waals surface area contributed by atoms with Crippen LogP contribution >= 0.6 is 0 Å². The fraction of sp³-hybridized carbons (Fsp3) is 0.400. The molecule has 15 heavy (non-hydrogen) atoms. The molecule has 0 aliphatic carbocycles. The second-order valence-corrected chi connectivity index (χ2v) is 3.77. The van der Waals surface area contributed by atoms with E-state index in [2.05, 4.69) is 15.4 Å². The summed E-state index contributed by atoms with van der Waals surface area (Å²) in [5, 5.41) is 7.51. The lowest BCUT2D eigenvalue weighted by Crippen LogP contribution is -2.16. The summed E-state index contributed by atoms with van der Waals surface area (Å²) in [5.74, 6) is 0.740. The van der Waals surface area contributed by atoms with Crippen LogP contribution < -0.4 is 11.1 Å². The summed E-state index contributed by atoms with van der Waals surface area (Å²) >= 11 is 0. The van der Waals surface area contributed by atoms with Gasteiger partial charge < -0.3 is 11.1 Å². The molecule has 1 aliphatic heterocycles. The summed E-state index contributed by atoms with van der Waals surface area (Å²) in [7, 11) is 0. The van der Waals surface area contributed by atoms with E-state index in [1.165, 1.54) is 0 Å². The van der Waals surface area contributed by atoms with E-state index in [4.69, 9.17) is 5.73 Å². The lowest BCUT2D eigenvalue weighted by atomic mass is 10.1. The van der Waals surface area contributed by atoms with E-state index in [9.17, 15) is 0 Å². The molecule has 5 heteroatoms. The number of nitrogens with zero attached hydrogens (tertiary/aromatic N) is 3. The number of nitrogens with two attached hydrogens (primary N) is 1. The van der Waals surface area contributed by atoms with Crippen molar-refractivity contribution in [1.29, 1.82) is 0 Å². The molecule has 0 bridgehead atoms. The molecule has 0 fully saturated rings. The SMILES string of the molecule is Nc1c2c(nc3ccnn13)CCNCC2. The molecule has 3 rings (SSSR count). The molecule has 0 amide bonds. The molecule has 0 unspecified atom stereocenters. The van der Waals surface area contributed by atoms with E-state index < -0.39 is 0 Å². The molecule has 3 N–H and O–H groups in total. The maximum Gasteiger partial charge on any atom is 0.157 e. The van der Waals surface area contributed by atoms with Gasteiger partial charge >= 0.3 is 0 Å². The Labute approximate surface area is 87.3 Å². The Hall–Kier alpha value is -1.62. The first-order valence-electron chi connectivity index (χ1n) is 5.18. The Morgan fingerprint density at radius 1 is 1.33 bits per heavy atom. The number of hydrogen-bond acceptors (Lipinski definition) is 4. The van der Waals surface area contributed by atoms with Crippen LogP contribution in [0.1, 0.15) is 11.3 Å². The highest BCUT2D eigenvalue weighted by Gasteiger charge is 2.15. The average Bonchev–Trinajstić information content (AvgIpc) is 2.56. The topological polar surface area (TPSA) is 68.2 Å². The molecule has 0 saturated heterocycles. The predicted molar refractivity (Wildman–Crippen MR) is 57.7 cm³/mol. The lowest BCUT2D eigenvalue weighted by molar-refractivity contribution is 0.708. The fourth-order valence-corrected chi connectivity index (χ4v) is 2.07. The maximum atomic E-state index is 6.09. The minimum absolute atomic E-state index is 0.740. The molecule has 0 spiro atoms. The summed E-state index contributed by atoms with van der Waals surface area (Å²) in [6.45, 7) is 1.94. The van der Waals surface area contributed by atoms with Gasteiger partial charge in [0, 0.05) is 24.6 Å². The van der Waals surface area contributed by atoms with Crippen molar-refractivity contribution < 1.29 is 0 Å². The standard InChI is InChI=1S/C10H13N5/c11-10-7-1-4-12-5-2-8(7)14-9-3-6-13-15(9)10/h3,6,12H,1-2,4-5,11H2. The Morgan fingerprint density at radius 2 is 2.20 bits per heavy atom. The zero-order valence-corrected chi connectivity index (χ0v) is 8.40. The van der Waals surface area contributed by atoms with Crippen LogP contribution in [0.3, 0.4) is 0 Å². The van der Waals surface area contributed by atoms with Crippen LogP contribution in [0.2, 0.25) is 0 Å². The van der Waals surface area contributed by atoms with Crippen molar-refractivity contribution in [3.63, 3.8) is 0 Å². The lowest BCUT2D eigenvalue weighted by Gasteiger charge is -2.09. The van der Waals surface area contributed by atoms with Crippen molar-refractivity contribution in [2.75, 3.05) is 18.8 Å².